The first-order valence-corrected chi connectivity index (χ1v) is 7.15. The van der Waals surface area contributed by atoms with Gasteiger partial charge in [0.15, 0.2) is 0 Å². The molecule has 2 unspecified atom stereocenters. The Kier molecular flexibility index (Phi) is 5.17. The van der Waals surface area contributed by atoms with E-state index in [-0.39, 0.29) is 0 Å². The molecule has 0 amide bonds. The van der Waals surface area contributed by atoms with Crippen LogP contribution in [0.25, 0.3) is 0 Å². The molecule has 0 radical (unpaired) electrons. The fraction of sp³-hybridized carbons (Fsp3) is 0.533. The molecule has 4 N–H and O–H groups in total. The van der Waals surface area contributed by atoms with Gasteiger partial charge in [0.05, 0.1) is 0 Å². The van der Waals surface area contributed by atoms with E-state index in [9.17, 15) is 4.79 Å². The summed E-state index contributed by atoms with van der Waals surface area (Å²) in [6, 6.07) is 7.08. The molecule has 1 fully saturated rings. The lowest BCUT2D eigenvalue weighted by molar-refractivity contribution is -0.140. The van der Waals surface area contributed by atoms with Gasteiger partial charge in [-0.2, -0.15) is 0 Å². The molecule has 1 aromatic rings. The lowest BCUT2D eigenvalue weighted by Crippen LogP contribution is -2.43. The first kappa shape index (κ1) is 15.8. The maximum Gasteiger partial charge on any atom is 0.324 e. The number of piperazine rings is 1. The van der Waals surface area contributed by atoms with Crippen molar-refractivity contribution < 1.29 is 14.6 Å². The molecule has 0 saturated carbocycles. The van der Waals surface area contributed by atoms with Crippen LogP contribution in [-0.2, 0) is 4.79 Å². The predicted octanol–water partition coefficient (Wildman–Crippen LogP) is 0.442. The van der Waals surface area contributed by atoms with Crippen LogP contribution >= 0.6 is 0 Å². The Balaban J connectivity index is 2.00. The van der Waals surface area contributed by atoms with Crippen LogP contribution in [0.15, 0.2) is 24.3 Å². The number of likely N-dealkylation sites (N-methyl/N-ethyl adjacent to an activating group) is 1. The quantitative estimate of drug-likeness (QED) is 0.730. The lowest BCUT2D eigenvalue weighted by Gasteiger charge is -2.33. The van der Waals surface area contributed by atoms with Crippen molar-refractivity contribution in [3.05, 3.63) is 29.8 Å². The molecule has 1 aliphatic heterocycles. The van der Waals surface area contributed by atoms with Crippen LogP contribution in [0, 0.1) is 0 Å². The summed E-state index contributed by atoms with van der Waals surface area (Å²) in [4.78, 5) is 13.1. The fourth-order valence-corrected chi connectivity index (χ4v) is 2.44. The van der Waals surface area contributed by atoms with Crippen molar-refractivity contribution in [1.82, 2.24) is 10.2 Å². The SMILES string of the molecule is CC(Oc1ccc(C2CNCCN2C)cc1)[C@H](N)C(=O)O. The second-order valence-electron chi connectivity index (χ2n) is 5.46. The van der Waals surface area contributed by atoms with E-state index in [1.807, 2.05) is 24.3 Å². The summed E-state index contributed by atoms with van der Waals surface area (Å²) in [6.45, 7) is 4.62. The highest BCUT2D eigenvalue weighted by Crippen LogP contribution is 2.23. The monoisotopic (exact) mass is 293 g/mol. The molecule has 116 valence electrons. The van der Waals surface area contributed by atoms with E-state index in [0.717, 1.165) is 19.6 Å². The smallest absolute Gasteiger partial charge is 0.324 e. The molecule has 6 heteroatoms. The number of carbonyl (C=O) groups is 1. The topological polar surface area (TPSA) is 87.8 Å². The summed E-state index contributed by atoms with van der Waals surface area (Å²) in [5, 5.41) is 12.2. The Morgan fingerprint density at radius 2 is 2.14 bits per heavy atom. The summed E-state index contributed by atoms with van der Waals surface area (Å²) in [6.07, 6.45) is -0.577. The van der Waals surface area contributed by atoms with E-state index in [0.29, 0.717) is 11.8 Å². The lowest BCUT2D eigenvalue weighted by atomic mass is 10.0. The predicted molar refractivity (Wildman–Crippen MR) is 80.4 cm³/mol. The number of nitrogens with zero attached hydrogens (tertiary/aromatic N) is 1. The number of carboxylic acids is 1. The summed E-state index contributed by atoms with van der Waals surface area (Å²) in [5.41, 5.74) is 6.75. The van der Waals surface area contributed by atoms with Crippen LogP contribution in [0.5, 0.6) is 5.75 Å². The standard InChI is InChI=1S/C15H23N3O3/c1-10(14(16)15(19)20)21-12-5-3-11(4-6-12)13-9-17-7-8-18(13)2/h3-6,10,13-14,17H,7-9,16H2,1-2H3,(H,19,20)/t10?,13?,14-/m0/s1. The summed E-state index contributed by atoms with van der Waals surface area (Å²) >= 11 is 0. The maximum absolute atomic E-state index is 10.8. The molecule has 1 aliphatic rings. The van der Waals surface area contributed by atoms with Gasteiger partial charge in [-0.3, -0.25) is 9.69 Å². The molecule has 1 aromatic carbocycles. The highest BCUT2D eigenvalue weighted by atomic mass is 16.5. The zero-order valence-electron chi connectivity index (χ0n) is 12.5. The van der Waals surface area contributed by atoms with Gasteiger partial charge in [-0.25, -0.2) is 0 Å². The highest BCUT2D eigenvalue weighted by Gasteiger charge is 2.22. The summed E-state index contributed by atoms with van der Waals surface area (Å²) < 4.78 is 5.57. The summed E-state index contributed by atoms with van der Waals surface area (Å²) in [5.74, 6) is -0.427. The zero-order chi connectivity index (χ0) is 15.4. The molecular weight excluding hydrogens is 270 g/mol. The van der Waals surface area contributed by atoms with Gasteiger partial charge >= 0.3 is 5.97 Å². The van der Waals surface area contributed by atoms with Gasteiger partial charge in [-0.1, -0.05) is 12.1 Å². The van der Waals surface area contributed by atoms with Crippen molar-refractivity contribution in [2.75, 3.05) is 26.7 Å². The third-order valence-electron chi connectivity index (χ3n) is 3.89. The molecule has 21 heavy (non-hydrogen) atoms. The van der Waals surface area contributed by atoms with Gasteiger partial charge in [0.1, 0.15) is 17.9 Å². The molecule has 0 bridgehead atoms. The van der Waals surface area contributed by atoms with E-state index < -0.39 is 18.1 Å². The van der Waals surface area contributed by atoms with Crippen LogP contribution in [0.1, 0.15) is 18.5 Å². The minimum absolute atomic E-state index is 0.353. The fourth-order valence-electron chi connectivity index (χ4n) is 2.44. The van der Waals surface area contributed by atoms with Gasteiger partial charge < -0.3 is 20.9 Å². The Morgan fingerprint density at radius 1 is 1.48 bits per heavy atom. The van der Waals surface area contributed by atoms with E-state index in [1.54, 1.807) is 6.92 Å². The largest absolute Gasteiger partial charge is 0.488 e. The number of benzene rings is 1. The Hall–Kier alpha value is -1.63. The van der Waals surface area contributed by atoms with Crippen molar-refractivity contribution in [2.45, 2.75) is 25.1 Å². The average Bonchev–Trinajstić information content (AvgIpc) is 2.47. The van der Waals surface area contributed by atoms with E-state index in [1.165, 1.54) is 5.56 Å². The van der Waals surface area contributed by atoms with Gasteiger partial charge in [0, 0.05) is 25.7 Å². The maximum atomic E-state index is 10.8. The van der Waals surface area contributed by atoms with Gasteiger partial charge in [-0.15, -0.1) is 0 Å². The molecule has 1 heterocycles. The van der Waals surface area contributed by atoms with Crippen molar-refractivity contribution >= 4 is 5.97 Å². The van der Waals surface area contributed by atoms with Gasteiger partial charge in [0.25, 0.3) is 0 Å². The van der Waals surface area contributed by atoms with Gasteiger partial charge in [-0.05, 0) is 31.7 Å². The van der Waals surface area contributed by atoms with Crippen LogP contribution < -0.4 is 15.8 Å². The first-order valence-electron chi connectivity index (χ1n) is 7.15. The van der Waals surface area contributed by atoms with E-state index in [2.05, 4.69) is 17.3 Å². The second kappa shape index (κ2) is 6.89. The van der Waals surface area contributed by atoms with E-state index in [4.69, 9.17) is 15.6 Å². The minimum Gasteiger partial charge on any atom is -0.488 e. The molecule has 0 aromatic heterocycles. The number of carboxylic acid groups (broad SMARTS) is 1. The Morgan fingerprint density at radius 3 is 2.71 bits per heavy atom. The van der Waals surface area contributed by atoms with Crippen LogP contribution in [-0.4, -0.2) is 54.8 Å². The molecule has 2 rings (SSSR count). The van der Waals surface area contributed by atoms with Crippen LogP contribution in [0.2, 0.25) is 0 Å². The average molecular weight is 293 g/mol. The van der Waals surface area contributed by atoms with Crippen molar-refractivity contribution in [3.63, 3.8) is 0 Å². The number of hydrogen-bond acceptors (Lipinski definition) is 5. The Labute approximate surface area is 124 Å². The number of aliphatic carboxylic acids is 1. The second-order valence-corrected chi connectivity index (χ2v) is 5.46. The number of ether oxygens (including phenoxy) is 1. The Bertz CT molecular complexity index is 478. The van der Waals surface area contributed by atoms with Crippen LogP contribution in [0.4, 0.5) is 0 Å². The summed E-state index contributed by atoms with van der Waals surface area (Å²) in [7, 11) is 2.11. The third kappa shape index (κ3) is 3.93. The third-order valence-corrected chi connectivity index (χ3v) is 3.89. The van der Waals surface area contributed by atoms with E-state index >= 15 is 0 Å². The van der Waals surface area contributed by atoms with Gasteiger partial charge in [0.2, 0.25) is 0 Å². The molecule has 3 atom stereocenters. The zero-order valence-corrected chi connectivity index (χ0v) is 12.5. The molecular formula is C15H23N3O3. The van der Waals surface area contributed by atoms with Crippen molar-refractivity contribution in [2.24, 2.45) is 5.73 Å². The first-order chi connectivity index (χ1) is 9.99. The number of nitrogens with one attached hydrogen (secondary N) is 1. The van der Waals surface area contributed by atoms with Crippen LogP contribution in [0.3, 0.4) is 0 Å². The molecule has 6 nitrogen and oxygen atoms in total. The van der Waals surface area contributed by atoms with Crippen molar-refractivity contribution in [1.29, 1.82) is 0 Å². The molecule has 1 saturated heterocycles. The minimum atomic E-state index is -1.06. The van der Waals surface area contributed by atoms with Crippen molar-refractivity contribution in [3.8, 4) is 5.75 Å². The molecule has 0 aliphatic carbocycles. The highest BCUT2D eigenvalue weighted by molar-refractivity contribution is 5.73. The number of nitrogens with two attached hydrogens (primary N) is 1. The molecule has 0 spiro atoms. The number of rotatable bonds is 5. The normalized spacial score (nSPS) is 22.5. The number of hydrogen-bond donors (Lipinski definition) is 3.